The number of benzene rings is 1. The monoisotopic (exact) mass is 278 g/mol. The van der Waals surface area contributed by atoms with Crippen molar-refractivity contribution < 1.29 is 9.72 Å². The molecule has 1 aliphatic heterocycles. The van der Waals surface area contributed by atoms with Gasteiger partial charge in [0.1, 0.15) is 0 Å². The standard InChI is InChI=1S/C13H18N4O3/c1-8(2)11-7-12(16-15-11)14-13(18)9-4-3-5-10(6-9)17(19)20/h3-6,8,11-12,15-16H,7H2,1-2H3,(H,14,18). The Labute approximate surface area is 116 Å². The van der Waals surface area contributed by atoms with Gasteiger partial charge >= 0.3 is 0 Å². The van der Waals surface area contributed by atoms with Crippen molar-refractivity contribution in [2.75, 3.05) is 0 Å². The van der Waals surface area contributed by atoms with E-state index in [1.807, 2.05) is 0 Å². The molecule has 1 aromatic rings. The van der Waals surface area contributed by atoms with Gasteiger partial charge in [-0.15, -0.1) is 0 Å². The number of hydrogen-bond acceptors (Lipinski definition) is 5. The van der Waals surface area contributed by atoms with Gasteiger partial charge in [0.2, 0.25) is 0 Å². The Bertz CT molecular complexity index is 518. The summed E-state index contributed by atoms with van der Waals surface area (Å²) in [5.41, 5.74) is 6.33. The van der Waals surface area contributed by atoms with Crippen LogP contribution in [-0.4, -0.2) is 23.0 Å². The van der Waals surface area contributed by atoms with Crippen LogP contribution >= 0.6 is 0 Å². The molecule has 0 aliphatic carbocycles. The zero-order valence-electron chi connectivity index (χ0n) is 11.4. The Morgan fingerprint density at radius 1 is 1.45 bits per heavy atom. The molecular formula is C13H18N4O3. The molecule has 3 N–H and O–H groups in total. The van der Waals surface area contributed by atoms with E-state index in [1.54, 1.807) is 6.07 Å². The number of nitro groups is 1. The highest BCUT2D eigenvalue weighted by atomic mass is 16.6. The Balaban J connectivity index is 1.99. The van der Waals surface area contributed by atoms with Gasteiger partial charge in [-0.25, -0.2) is 5.43 Å². The first-order valence-corrected chi connectivity index (χ1v) is 6.53. The van der Waals surface area contributed by atoms with Crippen LogP contribution in [0.1, 0.15) is 30.6 Å². The number of nitrogens with one attached hydrogen (secondary N) is 3. The van der Waals surface area contributed by atoms with Crippen molar-refractivity contribution in [1.82, 2.24) is 16.2 Å². The number of amides is 1. The second kappa shape index (κ2) is 5.98. The Morgan fingerprint density at radius 2 is 2.20 bits per heavy atom. The SMILES string of the molecule is CC(C)C1CC(NC(=O)c2cccc([N+](=O)[O-])c2)NN1. The minimum atomic E-state index is -0.513. The zero-order valence-corrected chi connectivity index (χ0v) is 11.4. The fourth-order valence-electron chi connectivity index (χ4n) is 2.12. The number of nitro benzene ring substituents is 1. The van der Waals surface area contributed by atoms with Gasteiger partial charge in [0.15, 0.2) is 0 Å². The van der Waals surface area contributed by atoms with Crippen molar-refractivity contribution in [1.29, 1.82) is 0 Å². The third-order valence-electron chi connectivity index (χ3n) is 3.36. The molecule has 1 saturated heterocycles. The van der Waals surface area contributed by atoms with Crippen LogP contribution in [0.5, 0.6) is 0 Å². The van der Waals surface area contributed by atoms with Gasteiger partial charge in [0.05, 0.1) is 11.1 Å². The summed E-state index contributed by atoms with van der Waals surface area (Å²) >= 11 is 0. The third-order valence-corrected chi connectivity index (χ3v) is 3.36. The number of carbonyl (C=O) groups excluding carboxylic acids is 1. The molecule has 1 fully saturated rings. The zero-order chi connectivity index (χ0) is 14.7. The van der Waals surface area contributed by atoms with Crippen molar-refractivity contribution in [3.05, 3.63) is 39.9 Å². The quantitative estimate of drug-likeness (QED) is 0.567. The van der Waals surface area contributed by atoms with Crippen LogP contribution in [0.25, 0.3) is 0 Å². The summed E-state index contributed by atoms with van der Waals surface area (Å²) in [7, 11) is 0. The summed E-state index contributed by atoms with van der Waals surface area (Å²) in [6.07, 6.45) is 0.604. The van der Waals surface area contributed by atoms with Gasteiger partial charge in [-0.2, -0.15) is 0 Å². The third kappa shape index (κ3) is 3.31. The van der Waals surface area contributed by atoms with Crippen molar-refractivity contribution in [2.45, 2.75) is 32.5 Å². The highest BCUT2D eigenvalue weighted by Gasteiger charge is 2.27. The molecule has 0 saturated carbocycles. The van der Waals surface area contributed by atoms with Gasteiger partial charge in [0.25, 0.3) is 11.6 Å². The highest BCUT2D eigenvalue weighted by Crippen LogP contribution is 2.15. The normalized spacial score (nSPS) is 21.9. The van der Waals surface area contributed by atoms with Crippen molar-refractivity contribution >= 4 is 11.6 Å². The lowest BCUT2D eigenvalue weighted by Gasteiger charge is -2.13. The van der Waals surface area contributed by atoms with Crippen molar-refractivity contribution in [3.8, 4) is 0 Å². The van der Waals surface area contributed by atoms with E-state index in [0.29, 0.717) is 12.0 Å². The minimum absolute atomic E-state index is 0.0878. The lowest BCUT2D eigenvalue weighted by molar-refractivity contribution is -0.384. The van der Waals surface area contributed by atoms with E-state index in [-0.39, 0.29) is 23.3 Å². The summed E-state index contributed by atoms with van der Waals surface area (Å²) in [5.74, 6) is 0.139. The second-order valence-corrected chi connectivity index (χ2v) is 5.21. The number of hydrogen-bond donors (Lipinski definition) is 3. The molecule has 7 heteroatoms. The van der Waals surface area contributed by atoms with Crippen LogP contribution in [0.3, 0.4) is 0 Å². The Kier molecular flexibility index (Phi) is 4.31. The predicted octanol–water partition coefficient (Wildman–Crippen LogP) is 1.17. The summed E-state index contributed by atoms with van der Waals surface area (Å²) in [4.78, 5) is 22.2. The van der Waals surface area contributed by atoms with Crippen LogP contribution in [0.4, 0.5) is 5.69 Å². The van der Waals surface area contributed by atoms with E-state index in [1.165, 1.54) is 18.2 Å². The molecule has 1 aliphatic rings. The van der Waals surface area contributed by atoms with Gasteiger partial charge < -0.3 is 5.32 Å². The topological polar surface area (TPSA) is 96.3 Å². The van der Waals surface area contributed by atoms with Crippen LogP contribution in [0.2, 0.25) is 0 Å². The van der Waals surface area contributed by atoms with Gasteiger partial charge in [-0.1, -0.05) is 19.9 Å². The molecular weight excluding hydrogens is 260 g/mol. The first-order chi connectivity index (χ1) is 9.47. The maximum absolute atomic E-state index is 12.1. The predicted molar refractivity (Wildman–Crippen MR) is 73.9 cm³/mol. The molecule has 0 bridgehead atoms. The van der Waals surface area contributed by atoms with E-state index in [4.69, 9.17) is 0 Å². The molecule has 20 heavy (non-hydrogen) atoms. The fourth-order valence-corrected chi connectivity index (χ4v) is 2.12. The maximum Gasteiger partial charge on any atom is 0.270 e. The van der Waals surface area contributed by atoms with Crippen LogP contribution < -0.4 is 16.2 Å². The molecule has 1 aromatic carbocycles. The Morgan fingerprint density at radius 3 is 2.80 bits per heavy atom. The van der Waals surface area contributed by atoms with Crippen LogP contribution in [0, 0.1) is 16.0 Å². The van der Waals surface area contributed by atoms with Gasteiger partial charge in [-0.05, 0) is 18.4 Å². The number of nitrogens with zero attached hydrogens (tertiary/aromatic N) is 1. The van der Waals surface area contributed by atoms with Crippen molar-refractivity contribution in [2.24, 2.45) is 5.92 Å². The smallest absolute Gasteiger partial charge is 0.270 e. The summed E-state index contributed by atoms with van der Waals surface area (Å²) < 4.78 is 0. The number of non-ortho nitro benzene ring substituents is 1. The fraction of sp³-hybridized carbons (Fsp3) is 0.462. The molecule has 0 radical (unpaired) electrons. The summed E-state index contributed by atoms with van der Waals surface area (Å²) in [5, 5.41) is 13.5. The maximum atomic E-state index is 12.1. The molecule has 0 aromatic heterocycles. The molecule has 2 unspecified atom stereocenters. The number of hydrazine groups is 1. The van der Waals surface area contributed by atoms with Crippen LogP contribution in [0.15, 0.2) is 24.3 Å². The largest absolute Gasteiger partial charge is 0.335 e. The molecule has 7 nitrogen and oxygen atoms in total. The van der Waals surface area contributed by atoms with Gasteiger partial charge in [0, 0.05) is 23.7 Å². The molecule has 1 heterocycles. The van der Waals surface area contributed by atoms with E-state index in [2.05, 4.69) is 30.0 Å². The molecule has 2 atom stereocenters. The van der Waals surface area contributed by atoms with Crippen molar-refractivity contribution in [3.63, 3.8) is 0 Å². The van der Waals surface area contributed by atoms with E-state index >= 15 is 0 Å². The lowest BCUT2D eigenvalue weighted by Crippen LogP contribution is -2.44. The summed E-state index contributed by atoms with van der Waals surface area (Å²) in [6.45, 7) is 4.20. The van der Waals surface area contributed by atoms with E-state index in [9.17, 15) is 14.9 Å². The first kappa shape index (κ1) is 14.4. The minimum Gasteiger partial charge on any atom is -0.335 e. The molecule has 108 valence electrons. The number of carbonyl (C=O) groups is 1. The average molecular weight is 278 g/mol. The van der Waals surface area contributed by atoms with Gasteiger partial charge in [-0.3, -0.25) is 20.3 Å². The Hall–Kier alpha value is -1.99. The summed E-state index contributed by atoms with van der Waals surface area (Å²) in [6, 6.07) is 6.00. The lowest BCUT2D eigenvalue weighted by atomic mass is 10.0. The molecule has 2 rings (SSSR count). The first-order valence-electron chi connectivity index (χ1n) is 6.53. The average Bonchev–Trinajstić information content (AvgIpc) is 2.87. The molecule has 1 amide bonds. The van der Waals surface area contributed by atoms with E-state index < -0.39 is 4.92 Å². The highest BCUT2D eigenvalue weighted by molar-refractivity contribution is 5.94. The molecule has 0 spiro atoms. The second-order valence-electron chi connectivity index (χ2n) is 5.21. The number of rotatable bonds is 4. The van der Waals surface area contributed by atoms with E-state index in [0.717, 1.165) is 6.42 Å². The van der Waals surface area contributed by atoms with Crippen LogP contribution in [-0.2, 0) is 0 Å².